The Morgan fingerprint density at radius 2 is 2.15 bits per heavy atom. The van der Waals surface area contributed by atoms with Gasteiger partial charge in [0.15, 0.2) is 0 Å². The molecule has 0 aliphatic carbocycles. The minimum atomic E-state index is 0.308. The molecule has 1 amide bonds. The third-order valence-electron chi connectivity index (χ3n) is 3.97. The fourth-order valence-corrected chi connectivity index (χ4v) is 2.70. The predicted octanol–water partition coefficient (Wildman–Crippen LogP) is 0.945. The van der Waals surface area contributed by atoms with Gasteiger partial charge in [0.1, 0.15) is 0 Å². The molecule has 5 heteroatoms. The van der Waals surface area contributed by atoms with E-state index in [1.54, 1.807) is 0 Å². The molecule has 1 aliphatic heterocycles. The number of hydrogen-bond acceptors (Lipinski definition) is 4. The summed E-state index contributed by atoms with van der Waals surface area (Å²) in [6.07, 6.45) is 2.68. The molecule has 1 atom stereocenters. The number of rotatable bonds is 9. The molecule has 1 fully saturated rings. The van der Waals surface area contributed by atoms with Crippen LogP contribution in [0.5, 0.6) is 0 Å². The van der Waals surface area contributed by atoms with Crippen LogP contribution in [0.2, 0.25) is 0 Å². The first-order valence-corrected chi connectivity index (χ1v) is 7.97. The van der Waals surface area contributed by atoms with Crippen molar-refractivity contribution in [1.82, 2.24) is 15.1 Å². The van der Waals surface area contributed by atoms with Crippen molar-refractivity contribution in [3.63, 3.8) is 0 Å². The third-order valence-corrected chi connectivity index (χ3v) is 3.97. The summed E-state index contributed by atoms with van der Waals surface area (Å²) in [4.78, 5) is 16.7. The third kappa shape index (κ3) is 5.77. The Kier molecular flexibility index (Phi) is 8.82. The molecule has 0 aromatic carbocycles. The van der Waals surface area contributed by atoms with Gasteiger partial charge in [-0.2, -0.15) is 0 Å². The van der Waals surface area contributed by atoms with Gasteiger partial charge in [0.2, 0.25) is 5.91 Å². The molecule has 20 heavy (non-hydrogen) atoms. The van der Waals surface area contributed by atoms with Crippen LogP contribution < -0.4 is 5.32 Å². The SMILES string of the molecule is CCOCCN1CCN(C(=O)CCCNC)CC1CC. The van der Waals surface area contributed by atoms with Gasteiger partial charge in [0.05, 0.1) is 6.61 Å². The van der Waals surface area contributed by atoms with E-state index < -0.39 is 0 Å². The van der Waals surface area contributed by atoms with Crippen molar-refractivity contribution >= 4 is 5.91 Å². The van der Waals surface area contributed by atoms with Crippen molar-refractivity contribution in [1.29, 1.82) is 0 Å². The van der Waals surface area contributed by atoms with Crippen molar-refractivity contribution in [3.8, 4) is 0 Å². The Morgan fingerprint density at radius 3 is 2.80 bits per heavy atom. The average Bonchev–Trinajstić information content (AvgIpc) is 2.47. The highest BCUT2D eigenvalue weighted by molar-refractivity contribution is 5.76. The Bertz CT molecular complexity index is 274. The lowest BCUT2D eigenvalue weighted by molar-refractivity contribution is -0.134. The highest BCUT2D eigenvalue weighted by Crippen LogP contribution is 2.14. The minimum Gasteiger partial charge on any atom is -0.380 e. The molecule has 1 N–H and O–H groups in total. The molecule has 0 bridgehead atoms. The van der Waals surface area contributed by atoms with Crippen LogP contribution in [-0.4, -0.2) is 74.7 Å². The fourth-order valence-electron chi connectivity index (χ4n) is 2.70. The van der Waals surface area contributed by atoms with Crippen molar-refractivity contribution in [3.05, 3.63) is 0 Å². The summed E-state index contributed by atoms with van der Waals surface area (Å²) in [6, 6.07) is 0.484. The zero-order chi connectivity index (χ0) is 14.8. The van der Waals surface area contributed by atoms with Gasteiger partial charge >= 0.3 is 0 Å². The van der Waals surface area contributed by atoms with Crippen molar-refractivity contribution in [2.45, 2.75) is 39.2 Å². The van der Waals surface area contributed by atoms with Crippen LogP contribution in [0, 0.1) is 0 Å². The van der Waals surface area contributed by atoms with Gasteiger partial charge in [0.25, 0.3) is 0 Å². The lowest BCUT2D eigenvalue weighted by atomic mass is 10.1. The zero-order valence-electron chi connectivity index (χ0n) is 13.4. The van der Waals surface area contributed by atoms with Gasteiger partial charge in [-0.15, -0.1) is 0 Å². The van der Waals surface area contributed by atoms with Crippen LogP contribution in [0.3, 0.4) is 0 Å². The summed E-state index contributed by atoms with van der Waals surface area (Å²) >= 11 is 0. The summed E-state index contributed by atoms with van der Waals surface area (Å²) in [5.41, 5.74) is 0. The van der Waals surface area contributed by atoms with Crippen LogP contribution in [0.4, 0.5) is 0 Å². The molecule has 1 unspecified atom stereocenters. The topological polar surface area (TPSA) is 44.8 Å². The van der Waals surface area contributed by atoms with Crippen molar-refractivity contribution in [2.24, 2.45) is 0 Å². The molecule has 118 valence electrons. The fraction of sp³-hybridized carbons (Fsp3) is 0.933. The van der Waals surface area contributed by atoms with E-state index in [0.29, 0.717) is 18.4 Å². The van der Waals surface area contributed by atoms with E-state index >= 15 is 0 Å². The van der Waals surface area contributed by atoms with Gasteiger partial charge in [-0.25, -0.2) is 0 Å². The monoisotopic (exact) mass is 285 g/mol. The summed E-state index contributed by atoms with van der Waals surface area (Å²) < 4.78 is 5.44. The van der Waals surface area contributed by atoms with Crippen LogP contribution in [-0.2, 0) is 9.53 Å². The molecule has 0 aromatic heterocycles. The number of ether oxygens (including phenoxy) is 1. The summed E-state index contributed by atoms with van der Waals surface area (Å²) in [6.45, 7) is 10.4. The second kappa shape index (κ2) is 10.1. The Balaban J connectivity index is 2.35. The van der Waals surface area contributed by atoms with Crippen molar-refractivity contribution in [2.75, 3.05) is 53.0 Å². The van der Waals surface area contributed by atoms with E-state index in [9.17, 15) is 4.79 Å². The lowest BCUT2D eigenvalue weighted by Crippen LogP contribution is -2.55. The van der Waals surface area contributed by atoms with E-state index in [4.69, 9.17) is 4.74 Å². The number of carbonyl (C=O) groups is 1. The molecule has 1 rings (SSSR count). The van der Waals surface area contributed by atoms with Crippen LogP contribution in [0.15, 0.2) is 0 Å². The van der Waals surface area contributed by atoms with E-state index in [1.165, 1.54) is 0 Å². The maximum Gasteiger partial charge on any atom is 0.222 e. The molecular weight excluding hydrogens is 254 g/mol. The highest BCUT2D eigenvalue weighted by Gasteiger charge is 2.27. The second-order valence-corrected chi connectivity index (χ2v) is 5.34. The smallest absolute Gasteiger partial charge is 0.222 e. The molecule has 0 aromatic rings. The minimum absolute atomic E-state index is 0.308. The maximum atomic E-state index is 12.2. The molecule has 1 saturated heterocycles. The molecule has 0 spiro atoms. The lowest BCUT2D eigenvalue weighted by Gasteiger charge is -2.41. The Labute approximate surface area is 123 Å². The summed E-state index contributed by atoms with van der Waals surface area (Å²) in [5.74, 6) is 0.308. The second-order valence-electron chi connectivity index (χ2n) is 5.34. The number of hydrogen-bond donors (Lipinski definition) is 1. The Morgan fingerprint density at radius 1 is 1.35 bits per heavy atom. The maximum absolute atomic E-state index is 12.2. The molecule has 1 heterocycles. The number of amides is 1. The number of piperazine rings is 1. The van der Waals surface area contributed by atoms with E-state index in [-0.39, 0.29) is 0 Å². The standard InChI is InChI=1S/C15H31N3O2/c1-4-14-13-18(15(19)7-6-8-16-3)10-9-17(14)11-12-20-5-2/h14,16H,4-13H2,1-3H3. The molecule has 0 radical (unpaired) electrons. The van der Waals surface area contributed by atoms with Gasteiger partial charge in [0, 0.05) is 45.2 Å². The van der Waals surface area contributed by atoms with Gasteiger partial charge in [-0.05, 0) is 33.4 Å². The normalized spacial score (nSPS) is 20.4. The van der Waals surface area contributed by atoms with Crippen LogP contribution in [0.1, 0.15) is 33.1 Å². The number of nitrogens with zero attached hydrogens (tertiary/aromatic N) is 2. The number of carbonyl (C=O) groups excluding carboxylic acids is 1. The summed E-state index contributed by atoms with van der Waals surface area (Å²) in [5, 5.41) is 3.09. The first kappa shape index (κ1) is 17.4. The largest absolute Gasteiger partial charge is 0.380 e. The van der Waals surface area contributed by atoms with E-state index in [1.807, 2.05) is 18.9 Å². The van der Waals surface area contributed by atoms with E-state index in [2.05, 4.69) is 17.1 Å². The molecule has 1 aliphatic rings. The zero-order valence-corrected chi connectivity index (χ0v) is 13.4. The number of nitrogens with one attached hydrogen (secondary N) is 1. The Hall–Kier alpha value is -0.650. The van der Waals surface area contributed by atoms with E-state index in [0.717, 1.165) is 58.8 Å². The van der Waals surface area contributed by atoms with Crippen molar-refractivity contribution < 1.29 is 9.53 Å². The molecular formula is C15H31N3O2. The van der Waals surface area contributed by atoms with Crippen LogP contribution >= 0.6 is 0 Å². The van der Waals surface area contributed by atoms with Gasteiger partial charge < -0.3 is 15.0 Å². The van der Waals surface area contributed by atoms with Crippen LogP contribution in [0.25, 0.3) is 0 Å². The molecule has 0 saturated carbocycles. The highest BCUT2D eigenvalue weighted by atomic mass is 16.5. The first-order valence-electron chi connectivity index (χ1n) is 7.97. The molecule has 5 nitrogen and oxygen atoms in total. The average molecular weight is 285 g/mol. The summed E-state index contributed by atoms with van der Waals surface area (Å²) in [7, 11) is 1.93. The predicted molar refractivity (Wildman–Crippen MR) is 81.9 cm³/mol. The van der Waals surface area contributed by atoms with Gasteiger partial charge in [-0.1, -0.05) is 6.92 Å². The van der Waals surface area contributed by atoms with Gasteiger partial charge in [-0.3, -0.25) is 9.69 Å². The quantitative estimate of drug-likeness (QED) is 0.641. The first-order chi connectivity index (χ1) is 9.72.